The van der Waals surface area contributed by atoms with Gasteiger partial charge in [-0.05, 0) is 25.1 Å². The molecule has 0 saturated carbocycles. The standard InChI is InChI=1S/C15H14F3NO/c1-10-6-8-11(9-7-10)20-13-5-3-2-4-12(13)14(19)15(16,17)18/h2-9,14H,19H2,1H3/t14-/m0/s1. The van der Waals surface area contributed by atoms with E-state index in [1.165, 1.54) is 18.2 Å². The third-order valence-corrected chi connectivity index (χ3v) is 2.86. The van der Waals surface area contributed by atoms with Crippen LogP contribution in [0, 0.1) is 6.92 Å². The van der Waals surface area contributed by atoms with E-state index in [0.717, 1.165) is 5.56 Å². The minimum Gasteiger partial charge on any atom is -0.457 e. The SMILES string of the molecule is Cc1ccc(Oc2ccccc2[C@H](N)C(F)(F)F)cc1. The highest BCUT2D eigenvalue weighted by Gasteiger charge is 2.39. The molecule has 20 heavy (non-hydrogen) atoms. The summed E-state index contributed by atoms with van der Waals surface area (Å²) in [5.74, 6) is 0.582. The summed E-state index contributed by atoms with van der Waals surface area (Å²) in [4.78, 5) is 0. The fourth-order valence-electron chi connectivity index (χ4n) is 1.74. The van der Waals surface area contributed by atoms with E-state index in [-0.39, 0.29) is 11.3 Å². The normalized spacial score (nSPS) is 13.1. The average molecular weight is 281 g/mol. The van der Waals surface area contributed by atoms with Crippen LogP contribution in [-0.4, -0.2) is 6.18 Å². The van der Waals surface area contributed by atoms with E-state index in [1.54, 1.807) is 18.2 Å². The minimum atomic E-state index is -4.51. The van der Waals surface area contributed by atoms with Gasteiger partial charge in [-0.25, -0.2) is 0 Å². The Labute approximate surface area is 115 Å². The van der Waals surface area contributed by atoms with Gasteiger partial charge >= 0.3 is 6.18 Å². The van der Waals surface area contributed by atoms with Gasteiger partial charge in [-0.2, -0.15) is 13.2 Å². The predicted octanol–water partition coefficient (Wildman–Crippen LogP) is 4.35. The number of nitrogens with two attached hydrogens (primary N) is 1. The zero-order valence-electron chi connectivity index (χ0n) is 10.8. The minimum absolute atomic E-state index is 0.0828. The molecule has 0 bridgehead atoms. The van der Waals surface area contributed by atoms with E-state index in [0.29, 0.717) is 5.75 Å². The maximum Gasteiger partial charge on any atom is 0.407 e. The molecule has 0 aromatic heterocycles. The maximum atomic E-state index is 12.7. The largest absolute Gasteiger partial charge is 0.457 e. The van der Waals surface area contributed by atoms with Crippen molar-refractivity contribution in [3.63, 3.8) is 0 Å². The highest BCUT2D eigenvalue weighted by molar-refractivity contribution is 5.40. The number of para-hydroxylation sites is 1. The Morgan fingerprint density at radius 2 is 1.60 bits per heavy atom. The van der Waals surface area contributed by atoms with Crippen molar-refractivity contribution in [2.75, 3.05) is 0 Å². The summed E-state index contributed by atoms with van der Waals surface area (Å²) in [6, 6.07) is 10.9. The van der Waals surface area contributed by atoms with Crippen LogP contribution in [0.3, 0.4) is 0 Å². The van der Waals surface area contributed by atoms with Crippen LogP contribution in [-0.2, 0) is 0 Å². The number of aryl methyl sites for hydroxylation is 1. The first-order valence-corrected chi connectivity index (χ1v) is 6.03. The van der Waals surface area contributed by atoms with Crippen molar-refractivity contribution < 1.29 is 17.9 Å². The molecule has 2 rings (SSSR count). The van der Waals surface area contributed by atoms with Crippen molar-refractivity contribution in [1.29, 1.82) is 0 Å². The Morgan fingerprint density at radius 1 is 1.00 bits per heavy atom. The van der Waals surface area contributed by atoms with Crippen molar-refractivity contribution >= 4 is 0 Å². The average Bonchev–Trinajstić information content (AvgIpc) is 2.40. The summed E-state index contributed by atoms with van der Waals surface area (Å²) >= 11 is 0. The van der Waals surface area contributed by atoms with Gasteiger partial charge in [-0.1, -0.05) is 35.9 Å². The van der Waals surface area contributed by atoms with Gasteiger partial charge in [0, 0.05) is 5.56 Å². The molecule has 0 aliphatic rings. The Morgan fingerprint density at radius 3 is 2.20 bits per heavy atom. The van der Waals surface area contributed by atoms with E-state index in [1.807, 2.05) is 19.1 Å². The van der Waals surface area contributed by atoms with Crippen molar-refractivity contribution in [3.05, 3.63) is 59.7 Å². The van der Waals surface area contributed by atoms with Crippen molar-refractivity contribution in [1.82, 2.24) is 0 Å². The van der Waals surface area contributed by atoms with Gasteiger partial charge < -0.3 is 10.5 Å². The molecule has 0 fully saturated rings. The quantitative estimate of drug-likeness (QED) is 0.907. The third kappa shape index (κ3) is 3.30. The van der Waals surface area contributed by atoms with Crippen molar-refractivity contribution in [2.24, 2.45) is 5.73 Å². The molecule has 0 heterocycles. The lowest BCUT2D eigenvalue weighted by Gasteiger charge is -2.19. The van der Waals surface area contributed by atoms with Crippen LogP contribution >= 0.6 is 0 Å². The third-order valence-electron chi connectivity index (χ3n) is 2.86. The Kier molecular flexibility index (Phi) is 3.99. The van der Waals surface area contributed by atoms with Gasteiger partial charge in [0.1, 0.15) is 17.5 Å². The number of benzene rings is 2. The highest BCUT2D eigenvalue weighted by Crippen LogP contribution is 2.36. The van der Waals surface area contributed by atoms with Gasteiger partial charge in [0.25, 0.3) is 0 Å². The molecule has 1 atom stereocenters. The first-order chi connectivity index (χ1) is 9.38. The van der Waals surface area contributed by atoms with E-state index in [2.05, 4.69) is 0 Å². The smallest absolute Gasteiger partial charge is 0.407 e. The van der Waals surface area contributed by atoms with Crippen LogP contribution < -0.4 is 10.5 Å². The molecule has 2 aromatic rings. The van der Waals surface area contributed by atoms with E-state index in [4.69, 9.17) is 10.5 Å². The monoisotopic (exact) mass is 281 g/mol. The molecule has 2 aromatic carbocycles. The van der Waals surface area contributed by atoms with Gasteiger partial charge in [-0.3, -0.25) is 0 Å². The predicted molar refractivity (Wildman–Crippen MR) is 70.7 cm³/mol. The molecule has 2 nitrogen and oxygen atoms in total. The lowest BCUT2D eigenvalue weighted by molar-refractivity contribution is -0.149. The highest BCUT2D eigenvalue weighted by atomic mass is 19.4. The summed E-state index contributed by atoms with van der Waals surface area (Å²) in [7, 11) is 0. The Balaban J connectivity index is 2.31. The Hall–Kier alpha value is -2.01. The van der Waals surface area contributed by atoms with Gasteiger partial charge in [0.15, 0.2) is 0 Å². The second-order valence-corrected chi connectivity index (χ2v) is 4.47. The van der Waals surface area contributed by atoms with Gasteiger partial charge in [-0.15, -0.1) is 0 Å². The second kappa shape index (κ2) is 5.54. The fourth-order valence-corrected chi connectivity index (χ4v) is 1.74. The fraction of sp³-hybridized carbons (Fsp3) is 0.200. The van der Waals surface area contributed by atoms with E-state index < -0.39 is 12.2 Å². The number of hydrogen-bond acceptors (Lipinski definition) is 2. The second-order valence-electron chi connectivity index (χ2n) is 4.47. The molecule has 2 N–H and O–H groups in total. The summed E-state index contributed by atoms with van der Waals surface area (Å²) in [5.41, 5.74) is 6.20. The molecule has 0 amide bonds. The van der Waals surface area contributed by atoms with E-state index in [9.17, 15) is 13.2 Å². The zero-order chi connectivity index (χ0) is 14.8. The molecule has 106 valence electrons. The number of ether oxygens (including phenoxy) is 1. The van der Waals surface area contributed by atoms with Crippen LogP contribution in [0.25, 0.3) is 0 Å². The summed E-state index contributed by atoms with van der Waals surface area (Å²) in [5, 5.41) is 0. The number of hydrogen-bond donors (Lipinski definition) is 1. The lowest BCUT2D eigenvalue weighted by Crippen LogP contribution is -2.28. The maximum absolute atomic E-state index is 12.7. The topological polar surface area (TPSA) is 35.2 Å². The van der Waals surface area contributed by atoms with Crippen LogP contribution in [0.5, 0.6) is 11.5 Å². The molecule has 0 unspecified atom stereocenters. The van der Waals surface area contributed by atoms with Crippen LogP contribution in [0.15, 0.2) is 48.5 Å². The molecule has 0 radical (unpaired) electrons. The molecular weight excluding hydrogens is 267 g/mol. The number of alkyl halides is 3. The molecule has 5 heteroatoms. The molecule has 0 saturated heterocycles. The number of rotatable bonds is 3. The number of halogens is 3. The summed E-state index contributed by atoms with van der Waals surface area (Å²) < 4.78 is 43.7. The lowest BCUT2D eigenvalue weighted by atomic mass is 10.1. The molecule has 0 aliphatic carbocycles. The Bertz CT molecular complexity index is 578. The molecular formula is C15H14F3NO. The van der Waals surface area contributed by atoms with Gasteiger partial charge in [0.05, 0.1) is 0 Å². The van der Waals surface area contributed by atoms with E-state index >= 15 is 0 Å². The molecule has 0 aliphatic heterocycles. The summed E-state index contributed by atoms with van der Waals surface area (Å²) in [6.07, 6.45) is -4.51. The van der Waals surface area contributed by atoms with Crippen molar-refractivity contribution in [2.45, 2.75) is 19.1 Å². The molecule has 0 spiro atoms. The first kappa shape index (κ1) is 14.4. The van der Waals surface area contributed by atoms with Crippen LogP contribution in [0.4, 0.5) is 13.2 Å². The van der Waals surface area contributed by atoms with Crippen LogP contribution in [0.1, 0.15) is 17.2 Å². The van der Waals surface area contributed by atoms with Crippen molar-refractivity contribution in [3.8, 4) is 11.5 Å². The first-order valence-electron chi connectivity index (χ1n) is 6.03. The summed E-state index contributed by atoms with van der Waals surface area (Å²) in [6.45, 7) is 1.91. The van der Waals surface area contributed by atoms with Gasteiger partial charge in [0.2, 0.25) is 0 Å². The van der Waals surface area contributed by atoms with Crippen LogP contribution in [0.2, 0.25) is 0 Å². The zero-order valence-corrected chi connectivity index (χ0v) is 10.8.